The van der Waals surface area contributed by atoms with E-state index in [4.69, 9.17) is 9.47 Å². The second kappa shape index (κ2) is 8.32. The van der Waals surface area contributed by atoms with Gasteiger partial charge in [-0.05, 0) is 51.7 Å². The van der Waals surface area contributed by atoms with Gasteiger partial charge in [0, 0.05) is 0 Å². The molecule has 0 saturated heterocycles. The monoisotopic (exact) mass is 334 g/mol. The largest absolute Gasteiger partial charge is 0.468 e. The molecule has 1 rings (SSSR count). The summed E-state index contributed by atoms with van der Waals surface area (Å²) in [5, 5.41) is 0. The van der Waals surface area contributed by atoms with Crippen LogP contribution in [0.1, 0.15) is 58.6 Å². The number of carbonyl (C=O) groups is 2. The number of esters is 2. The van der Waals surface area contributed by atoms with E-state index in [0.29, 0.717) is 13.0 Å². The Morgan fingerprint density at radius 2 is 1.58 bits per heavy atom. The maximum absolute atomic E-state index is 12.2. The van der Waals surface area contributed by atoms with Gasteiger partial charge in [-0.15, -0.1) is 0 Å². The van der Waals surface area contributed by atoms with Crippen LogP contribution in [0.2, 0.25) is 0 Å². The molecule has 0 bridgehead atoms. The molecule has 134 valence electrons. The molecule has 0 aromatic heterocycles. The smallest absolute Gasteiger partial charge is 0.315 e. The Labute approximate surface area is 145 Å². The van der Waals surface area contributed by atoms with E-state index in [1.165, 1.54) is 7.11 Å². The molecule has 4 nitrogen and oxygen atoms in total. The van der Waals surface area contributed by atoms with E-state index < -0.39 is 10.8 Å². The zero-order valence-corrected chi connectivity index (χ0v) is 15.8. The number of ether oxygens (including phenoxy) is 2. The summed E-state index contributed by atoms with van der Waals surface area (Å²) < 4.78 is 10.2. The molecular formula is C20H30O4. The average molecular weight is 334 g/mol. The first kappa shape index (κ1) is 20.2. The molecule has 0 spiro atoms. The van der Waals surface area contributed by atoms with Crippen LogP contribution in [0.25, 0.3) is 0 Å². The number of methoxy groups -OCH3 is 1. The molecule has 4 heteroatoms. The second-order valence-electron chi connectivity index (χ2n) is 7.36. The van der Waals surface area contributed by atoms with Crippen LogP contribution in [-0.4, -0.2) is 25.7 Å². The maximum atomic E-state index is 12.2. The Bertz CT molecular complexity index is 556. The van der Waals surface area contributed by atoms with E-state index in [-0.39, 0.29) is 11.9 Å². The topological polar surface area (TPSA) is 52.6 Å². The Morgan fingerprint density at radius 3 is 2.08 bits per heavy atom. The van der Waals surface area contributed by atoms with Gasteiger partial charge in [0.25, 0.3) is 0 Å². The van der Waals surface area contributed by atoms with Crippen molar-refractivity contribution in [1.29, 1.82) is 0 Å². The third-order valence-electron chi connectivity index (χ3n) is 4.30. The number of carbonyl (C=O) groups excluding carboxylic acids is 2. The van der Waals surface area contributed by atoms with Gasteiger partial charge in [0.15, 0.2) is 0 Å². The van der Waals surface area contributed by atoms with Gasteiger partial charge in [0.05, 0.1) is 24.5 Å². The lowest BCUT2D eigenvalue weighted by Gasteiger charge is -2.24. The van der Waals surface area contributed by atoms with Gasteiger partial charge in [0.2, 0.25) is 0 Å². The highest BCUT2D eigenvalue weighted by Gasteiger charge is 2.32. The van der Waals surface area contributed by atoms with Crippen molar-refractivity contribution in [1.82, 2.24) is 0 Å². The van der Waals surface area contributed by atoms with Gasteiger partial charge in [-0.1, -0.05) is 37.6 Å². The highest BCUT2D eigenvalue weighted by molar-refractivity contribution is 5.82. The van der Waals surface area contributed by atoms with Gasteiger partial charge in [-0.25, -0.2) is 0 Å². The van der Waals surface area contributed by atoms with Crippen molar-refractivity contribution in [3.8, 4) is 0 Å². The maximum Gasteiger partial charge on any atom is 0.315 e. The summed E-state index contributed by atoms with van der Waals surface area (Å²) in [5.74, 6) is -0.440. The molecule has 0 amide bonds. The van der Waals surface area contributed by atoms with Crippen LogP contribution in [0.3, 0.4) is 0 Å². The fourth-order valence-corrected chi connectivity index (χ4v) is 2.50. The molecule has 0 radical (unpaired) electrons. The Morgan fingerprint density at radius 1 is 1.00 bits per heavy atom. The Balaban J connectivity index is 2.79. The minimum atomic E-state index is -0.693. The SMILES string of the molecule is CCCCOC(=O)C(C)(C)Cc1ccc(C(C)(C)C(=O)OC)cc1. The summed E-state index contributed by atoms with van der Waals surface area (Å²) in [7, 11) is 1.39. The molecule has 24 heavy (non-hydrogen) atoms. The lowest BCUT2D eigenvalue weighted by atomic mass is 9.82. The van der Waals surface area contributed by atoms with Crippen LogP contribution in [0, 0.1) is 5.41 Å². The second-order valence-corrected chi connectivity index (χ2v) is 7.36. The van der Waals surface area contributed by atoms with Crippen LogP contribution in [-0.2, 0) is 30.9 Å². The Kier molecular flexibility index (Phi) is 7.00. The molecule has 0 heterocycles. The number of rotatable bonds is 8. The van der Waals surface area contributed by atoms with Gasteiger partial charge < -0.3 is 9.47 Å². The first-order valence-electron chi connectivity index (χ1n) is 8.50. The van der Waals surface area contributed by atoms with Crippen molar-refractivity contribution in [2.24, 2.45) is 5.41 Å². The zero-order chi connectivity index (χ0) is 18.4. The van der Waals surface area contributed by atoms with E-state index >= 15 is 0 Å². The van der Waals surface area contributed by atoms with Crippen LogP contribution in [0.15, 0.2) is 24.3 Å². The minimum Gasteiger partial charge on any atom is -0.468 e. The Hall–Kier alpha value is -1.84. The normalized spacial score (nSPS) is 11.9. The number of benzene rings is 1. The first-order chi connectivity index (χ1) is 11.1. The number of hydrogen-bond donors (Lipinski definition) is 0. The quantitative estimate of drug-likeness (QED) is 0.531. The van der Waals surface area contributed by atoms with Crippen LogP contribution >= 0.6 is 0 Å². The molecule has 0 unspecified atom stereocenters. The van der Waals surface area contributed by atoms with Crippen molar-refractivity contribution < 1.29 is 19.1 Å². The third kappa shape index (κ3) is 5.08. The van der Waals surface area contributed by atoms with Crippen molar-refractivity contribution in [3.05, 3.63) is 35.4 Å². The van der Waals surface area contributed by atoms with Gasteiger partial charge in [-0.3, -0.25) is 9.59 Å². The van der Waals surface area contributed by atoms with Gasteiger partial charge in [-0.2, -0.15) is 0 Å². The molecule has 0 N–H and O–H groups in total. The summed E-state index contributed by atoms with van der Waals surface area (Å²) >= 11 is 0. The standard InChI is InChI=1S/C20H30O4/c1-7-8-13-24-17(21)19(2,3)14-15-9-11-16(12-10-15)20(4,5)18(22)23-6/h9-12H,7-8,13-14H2,1-6H3. The fourth-order valence-electron chi connectivity index (χ4n) is 2.50. The molecule has 0 fully saturated rings. The summed E-state index contributed by atoms with van der Waals surface area (Å²) in [6, 6.07) is 7.76. The lowest BCUT2D eigenvalue weighted by Crippen LogP contribution is -2.30. The van der Waals surface area contributed by atoms with Crippen LogP contribution in [0.4, 0.5) is 0 Å². The number of unbranched alkanes of at least 4 members (excludes halogenated alkanes) is 1. The zero-order valence-electron chi connectivity index (χ0n) is 15.8. The van der Waals surface area contributed by atoms with E-state index in [9.17, 15) is 9.59 Å². The molecule has 0 aliphatic heterocycles. The van der Waals surface area contributed by atoms with Crippen LogP contribution < -0.4 is 0 Å². The van der Waals surface area contributed by atoms with Gasteiger partial charge in [0.1, 0.15) is 0 Å². The van der Waals surface area contributed by atoms with E-state index in [0.717, 1.165) is 24.0 Å². The number of hydrogen-bond acceptors (Lipinski definition) is 4. The lowest BCUT2D eigenvalue weighted by molar-refractivity contribution is -0.154. The summed E-state index contributed by atoms with van der Waals surface area (Å²) in [4.78, 5) is 24.1. The highest BCUT2D eigenvalue weighted by atomic mass is 16.5. The summed E-state index contributed by atoms with van der Waals surface area (Å²) in [6.07, 6.45) is 2.49. The van der Waals surface area contributed by atoms with Gasteiger partial charge >= 0.3 is 11.9 Å². The molecular weight excluding hydrogens is 304 g/mol. The predicted octanol–water partition coefficient (Wildman–Crippen LogP) is 4.05. The molecule has 1 aromatic carbocycles. The molecule has 1 aromatic rings. The van der Waals surface area contributed by atoms with Crippen LogP contribution in [0.5, 0.6) is 0 Å². The minimum absolute atomic E-state index is 0.171. The molecule has 0 atom stereocenters. The molecule has 0 aliphatic carbocycles. The third-order valence-corrected chi connectivity index (χ3v) is 4.30. The van der Waals surface area contributed by atoms with E-state index in [2.05, 4.69) is 6.92 Å². The van der Waals surface area contributed by atoms with Crippen molar-refractivity contribution in [3.63, 3.8) is 0 Å². The highest BCUT2D eigenvalue weighted by Crippen LogP contribution is 2.28. The predicted molar refractivity (Wildman–Crippen MR) is 94.8 cm³/mol. The van der Waals surface area contributed by atoms with Crippen molar-refractivity contribution in [2.45, 2.75) is 59.3 Å². The molecule has 0 saturated carbocycles. The van der Waals surface area contributed by atoms with E-state index in [1.807, 2.05) is 52.0 Å². The average Bonchev–Trinajstić information content (AvgIpc) is 2.54. The summed E-state index contributed by atoms with van der Waals surface area (Å²) in [5.41, 5.74) is 0.660. The van der Waals surface area contributed by atoms with Crippen molar-refractivity contribution in [2.75, 3.05) is 13.7 Å². The fraction of sp³-hybridized carbons (Fsp3) is 0.600. The first-order valence-corrected chi connectivity index (χ1v) is 8.50. The van der Waals surface area contributed by atoms with E-state index in [1.54, 1.807) is 0 Å². The molecule has 0 aliphatic rings. The van der Waals surface area contributed by atoms with Crippen molar-refractivity contribution >= 4 is 11.9 Å². The summed E-state index contributed by atoms with van der Waals surface area (Å²) in [6.45, 7) is 10.0.